The summed E-state index contributed by atoms with van der Waals surface area (Å²) in [6, 6.07) is 15.6. The predicted octanol–water partition coefficient (Wildman–Crippen LogP) is 2.85. The molecule has 1 aliphatic heterocycles. The van der Waals surface area contributed by atoms with Crippen molar-refractivity contribution in [2.45, 2.75) is 19.9 Å². The van der Waals surface area contributed by atoms with Crippen LogP contribution in [0.1, 0.15) is 17.7 Å². The highest BCUT2D eigenvalue weighted by Crippen LogP contribution is 2.23. The number of hydrogen-bond acceptors (Lipinski definition) is 6. The minimum atomic E-state index is -0.739. The van der Waals surface area contributed by atoms with E-state index < -0.39 is 5.76 Å². The van der Waals surface area contributed by atoms with Gasteiger partial charge >= 0.3 is 5.76 Å². The third-order valence-corrected chi connectivity index (χ3v) is 5.64. The zero-order valence-electron chi connectivity index (χ0n) is 18.4. The lowest BCUT2D eigenvalue weighted by Crippen LogP contribution is -2.38. The highest BCUT2D eigenvalue weighted by Gasteiger charge is 2.22. The molecule has 0 N–H and O–H groups in total. The Kier molecular flexibility index (Phi) is 5.62. The maximum Gasteiger partial charge on any atom is 0.437 e. The van der Waals surface area contributed by atoms with Crippen LogP contribution in [-0.2, 0) is 11.3 Å². The number of carbonyl (C=O) groups excluding carboxylic acids is 1. The summed E-state index contributed by atoms with van der Waals surface area (Å²) in [4.78, 5) is 28.2. The second-order valence-electron chi connectivity index (χ2n) is 7.92. The van der Waals surface area contributed by atoms with Crippen LogP contribution in [-0.4, -0.2) is 48.7 Å². The smallest absolute Gasteiger partial charge is 0.386 e. The summed E-state index contributed by atoms with van der Waals surface area (Å²) < 4.78 is 19.4. The molecular formula is C24H21FN6O3. The Morgan fingerprint density at radius 1 is 1.06 bits per heavy atom. The van der Waals surface area contributed by atoms with Gasteiger partial charge in [0, 0.05) is 13.1 Å². The summed E-state index contributed by atoms with van der Waals surface area (Å²) >= 11 is 0. The Morgan fingerprint density at radius 3 is 2.53 bits per heavy atom. The van der Waals surface area contributed by atoms with Gasteiger partial charge in [-0.2, -0.15) is 14.6 Å². The molecule has 34 heavy (non-hydrogen) atoms. The average Bonchev–Trinajstić information content (AvgIpc) is 3.42. The minimum absolute atomic E-state index is 0.00890. The first-order valence-corrected chi connectivity index (χ1v) is 10.8. The number of halogens is 1. The van der Waals surface area contributed by atoms with Crippen molar-refractivity contribution in [3.63, 3.8) is 0 Å². The first-order chi connectivity index (χ1) is 16.5. The molecule has 0 spiro atoms. The first-order valence-electron chi connectivity index (χ1n) is 10.8. The summed E-state index contributed by atoms with van der Waals surface area (Å²) in [5.74, 6) is -1.26. The Hall–Kier alpha value is -4.34. The lowest BCUT2D eigenvalue weighted by molar-refractivity contribution is -0.131. The zero-order valence-corrected chi connectivity index (χ0v) is 18.4. The van der Waals surface area contributed by atoms with Crippen molar-refractivity contribution in [3.05, 3.63) is 88.3 Å². The van der Waals surface area contributed by atoms with E-state index in [-0.39, 0.29) is 24.2 Å². The Labute approximate surface area is 193 Å². The zero-order chi connectivity index (χ0) is 23.7. The minimum Gasteiger partial charge on any atom is -0.386 e. The lowest BCUT2D eigenvalue weighted by atomic mass is 9.99. The van der Waals surface area contributed by atoms with E-state index in [1.54, 1.807) is 24.0 Å². The van der Waals surface area contributed by atoms with E-state index in [4.69, 9.17) is 4.42 Å². The summed E-state index contributed by atoms with van der Waals surface area (Å²) in [7, 11) is 0. The topological polar surface area (TPSA) is 99.0 Å². The second-order valence-corrected chi connectivity index (χ2v) is 7.92. The Morgan fingerprint density at radius 2 is 1.82 bits per heavy atom. The molecule has 0 bridgehead atoms. The molecule has 1 aliphatic rings. The van der Waals surface area contributed by atoms with E-state index in [1.165, 1.54) is 16.9 Å². The highest BCUT2D eigenvalue weighted by atomic mass is 19.1. The van der Waals surface area contributed by atoms with Crippen molar-refractivity contribution >= 4 is 11.5 Å². The fourth-order valence-corrected chi connectivity index (χ4v) is 3.81. The number of amides is 1. The van der Waals surface area contributed by atoms with Crippen LogP contribution in [0.2, 0.25) is 0 Å². The molecule has 0 aliphatic carbocycles. The number of rotatable bonds is 5. The molecule has 0 fully saturated rings. The van der Waals surface area contributed by atoms with E-state index in [1.807, 2.05) is 36.4 Å². The van der Waals surface area contributed by atoms with Crippen LogP contribution in [0, 0.1) is 12.7 Å². The average molecular weight is 460 g/mol. The van der Waals surface area contributed by atoms with Crippen LogP contribution in [0.5, 0.6) is 0 Å². The molecule has 0 atom stereocenters. The van der Waals surface area contributed by atoms with E-state index in [0.29, 0.717) is 30.9 Å². The molecule has 1 amide bonds. The van der Waals surface area contributed by atoms with Gasteiger partial charge in [0.2, 0.25) is 5.91 Å². The fourth-order valence-electron chi connectivity index (χ4n) is 3.81. The summed E-state index contributed by atoms with van der Waals surface area (Å²) in [5.41, 5.74) is 3.62. The SMILES string of the molecule is Cc1nn(-c2ccccc2)nc1-c1nn(CC(=O)N2CC=C(c3ccc(F)cc3)CC2)c(=O)o1. The predicted molar refractivity (Wildman–Crippen MR) is 121 cm³/mol. The number of aromatic nitrogens is 5. The van der Waals surface area contributed by atoms with E-state index in [2.05, 4.69) is 15.3 Å². The molecule has 3 heterocycles. The molecule has 0 saturated carbocycles. The molecule has 2 aromatic carbocycles. The Bertz CT molecular complexity index is 1420. The van der Waals surface area contributed by atoms with Crippen molar-refractivity contribution in [1.29, 1.82) is 0 Å². The summed E-state index contributed by atoms with van der Waals surface area (Å²) in [5, 5.41) is 12.9. The number of carbonyl (C=O) groups is 1. The van der Waals surface area contributed by atoms with Gasteiger partial charge in [-0.05, 0) is 48.7 Å². The lowest BCUT2D eigenvalue weighted by Gasteiger charge is -2.26. The quantitative estimate of drug-likeness (QED) is 0.454. The monoisotopic (exact) mass is 460 g/mol. The third kappa shape index (κ3) is 4.29. The molecule has 0 saturated heterocycles. The van der Waals surface area contributed by atoms with Crippen LogP contribution in [0.4, 0.5) is 4.39 Å². The molecule has 2 aromatic heterocycles. The number of aryl methyl sites for hydroxylation is 1. The van der Waals surface area contributed by atoms with Crippen LogP contribution in [0.25, 0.3) is 22.8 Å². The van der Waals surface area contributed by atoms with Gasteiger partial charge in [-0.1, -0.05) is 36.4 Å². The molecule has 172 valence electrons. The molecule has 10 heteroatoms. The van der Waals surface area contributed by atoms with Gasteiger partial charge in [0.1, 0.15) is 12.4 Å². The molecule has 5 rings (SSSR count). The number of benzene rings is 2. The summed E-state index contributed by atoms with van der Waals surface area (Å²) in [6.07, 6.45) is 2.58. The van der Waals surface area contributed by atoms with Gasteiger partial charge in [-0.3, -0.25) is 4.79 Å². The van der Waals surface area contributed by atoms with E-state index in [0.717, 1.165) is 21.5 Å². The second kappa shape index (κ2) is 8.89. The molecule has 9 nitrogen and oxygen atoms in total. The maximum absolute atomic E-state index is 13.2. The van der Waals surface area contributed by atoms with Crippen molar-refractivity contribution in [2.75, 3.05) is 13.1 Å². The molecule has 0 radical (unpaired) electrons. The van der Waals surface area contributed by atoms with Crippen molar-refractivity contribution in [3.8, 4) is 17.3 Å². The Balaban J connectivity index is 1.29. The first kappa shape index (κ1) is 21.5. The number of hydrogen-bond donors (Lipinski definition) is 0. The van der Waals surface area contributed by atoms with Gasteiger partial charge in [0.25, 0.3) is 5.89 Å². The number of para-hydroxylation sites is 1. The third-order valence-electron chi connectivity index (χ3n) is 5.64. The largest absolute Gasteiger partial charge is 0.437 e. The van der Waals surface area contributed by atoms with E-state index >= 15 is 0 Å². The van der Waals surface area contributed by atoms with Gasteiger partial charge in [-0.25, -0.2) is 9.18 Å². The van der Waals surface area contributed by atoms with Crippen molar-refractivity contribution < 1.29 is 13.6 Å². The van der Waals surface area contributed by atoms with Gasteiger partial charge in [-0.15, -0.1) is 10.2 Å². The number of nitrogens with zero attached hydrogens (tertiary/aromatic N) is 6. The molecular weight excluding hydrogens is 439 g/mol. The van der Waals surface area contributed by atoms with Crippen molar-refractivity contribution in [2.24, 2.45) is 0 Å². The van der Waals surface area contributed by atoms with Crippen LogP contribution in [0.15, 0.2) is 69.9 Å². The standard InChI is InChI=1S/C24H21FN6O3/c1-16-22(27-31(26-16)20-5-3-2-4-6-20)23-28-30(24(33)34-23)15-21(32)29-13-11-18(12-14-29)17-7-9-19(25)10-8-17/h2-11H,12-15H2,1H3. The van der Waals surface area contributed by atoms with Gasteiger partial charge < -0.3 is 9.32 Å². The van der Waals surface area contributed by atoms with Crippen LogP contribution < -0.4 is 5.76 Å². The van der Waals surface area contributed by atoms with E-state index in [9.17, 15) is 14.0 Å². The van der Waals surface area contributed by atoms with Gasteiger partial charge in [0.15, 0.2) is 5.69 Å². The van der Waals surface area contributed by atoms with Crippen molar-refractivity contribution in [1.82, 2.24) is 29.7 Å². The maximum atomic E-state index is 13.2. The molecule has 4 aromatic rings. The molecule has 0 unspecified atom stereocenters. The highest BCUT2D eigenvalue weighted by molar-refractivity contribution is 5.78. The normalized spacial score (nSPS) is 13.7. The van der Waals surface area contributed by atoms with Crippen LogP contribution >= 0.6 is 0 Å². The summed E-state index contributed by atoms with van der Waals surface area (Å²) in [6.45, 7) is 2.39. The van der Waals surface area contributed by atoms with Gasteiger partial charge in [0.05, 0.1) is 11.4 Å². The van der Waals surface area contributed by atoms with Crippen LogP contribution in [0.3, 0.4) is 0 Å². The fraction of sp³-hybridized carbons (Fsp3) is 0.208.